The number of ether oxygens (including phenoxy) is 1. The smallest absolute Gasteiger partial charge is 0.277 e. The van der Waals surface area contributed by atoms with Crippen LogP contribution in [0, 0.1) is 11.8 Å². The summed E-state index contributed by atoms with van der Waals surface area (Å²) in [5, 5.41) is 0. The van der Waals surface area contributed by atoms with E-state index < -0.39 is 10.0 Å². The number of methoxy groups -OCH3 is 1. The van der Waals surface area contributed by atoms with Crippen molar-refractivity contribution >= 4 is 15.9 Å². The molecule has 1 amide bonds. The van der Waals surface area contributed by atoms with Gasteiger partial charge in [0.15, 0.2) is 6.54 Å². The number of nitrogens with zero attached hydrogens (tertiary/aromatic N) is 2. The minimum Gasteiger partial charge on any atom is -0.497 e. The Hall–Kier alpha value is -1.64. The van der Waals surface area contributed by atoms with Gasteiger partial charge in [-0.05, 0) is 30.7 Å². The Bertz CT molecular complexity index is 763. The highest BCUT2D eigenvalue weighted by Crippen LogP contribution is 2.20. The molecule has 1 aromatic carbocycles. The van der Waals surface area contributed by atoms with Gasteiger partial charge in [-0.25, -0.2) is 8.42 Å². The molecule has 0 bridgehead atoms. The number of benzene rings is 1. The lowest BCUT2D eigenvalue weighted by molar-refractivity contribution is -0.904. The second kappa shape index (κ2) is 8.80. The van der Waals surface area contributed by atoms with Crippen LogP contribution < -0.4 is 9.64 Å². The van der Waals surface area contributed by atoms with Gasteiger partial charge in [0.05, 0.1) is 25.1 Å². The largest absolute Gasteiger partial charge is 0.497 e. The summed E-state index contributed by atoms with van der Waals surface area (Å²) in [6.07, 6.45) is 1.24. The number of rotatable bonds is 5. The van der Waals surface area contributed by atoms with Crippen LogP contribution in [0.2, 0.25) is 0 Å². The fourth-order valence-corrected chi connectivity index (χ4v) is 5.89. The maximum absolute atomic E-state index is 12.8. The van der Waals surface area contributed by atoms with Crippen molar-refractivity contribution in [1.82, 2.24) is 9.21 Å². The molecule has 2 aliphatic heterocycles. The summed E-state index contributed by atoms with van der Waals surface area (Å²) in [6, 6.07) is 6.42. The molecule has 28 heavy (non-hydrogen) atoms. The second-order valence-corrected chi connectivity index (χ2v) is 10.2. The summed E-state index contributed by atoms with van der Waals surface area (Å²) >= 11 is 0. The summed E-state index contributed by atoms with van der Waals surface area (Å²) < 4.78 is 32.2. The minimum atomic E-state index is -3.54. The maximum atomic E-state index is 12.8. The van der Waals surface area contributed by atoms with E-state index in [4.69, 9.17) is 4.74 Å². The second-order valence-electron chi connectivity index (χ2n) is 8.24. The van der Waals surface area contributed by atoms with Crippen molar-refractivity contribution in [3.05, 3.63) is 24.3 Å². The lowest BCUT2D eigenvalue weighted by atomic mass is 9.92. The zero-order chi connectivity index (χ0) is 20.3. The topological polar surface area (TPSA) is 71.4 Å². The molecule has 1 N–H and O–H groups in total. The fourth-order valence-electron chi connectivity index (χ4n) is 4.47. The monoisotopic (exact) mass is 410 g/mol. The standard InChI is InChI=1S/C20H31N3O4S/c1-16-12-17(2)14-21(13-16)15-20(24)22-8-10-23(11-9-22)28(25,26)19-6-4-18(27-3)5-7-19/h4-7,16-17H,8-15H2,1-3H3/p+1/t16-,17-/m1/s1. The van der Waals surface area contributed by atoms with Gasteiger partial charge in [-0.3, -0.25) is 4.79 Å². The Balaban J connectivity index is 1.55. The summed E-state index contributed by atoms with van der Waals surface area (Å²) in [6.45, 7) is 8.68. The van der Waals surface area contributed by atoms with Crippen LogP contribution >= 0.6 is 0 Å². The number of carbonyl (C=O) groups excluding carboxylic acids is 1. The Morgan fingerprint density at radius 2 is 1.64 bits per heavy atom. The highest BCUT2D eigenvalue weighted by molar-refractivity contribution is 7.89. The third-order valence-electron chi connectivity index (χ3n) is 5.77. The summed E-state index contributed by atoms with van der Waals surface area (Å²) in [5.74, 6) is 2.06. The SMILES string of the molecule is COc1ccc(S(=O)(=O)N2CCN(C(=O)C[NH+]3C[C@H](C)C[C@@H](C)C3)CC2)cc1. The van der Waals surface area contributed by atoms with E-state index in [0.29, 0.717) is 50.3 Å². The summed E-state index contributed by atoms with van der Waals surface area (Å²) in [7, 11) is -2.00. The zero-order valence-corrected chi connectivity index (χ0v) is 17.9. The van der Waals surface area contributed by atoms with E-state index in [0.717, 1.165) is 13.1 Å². The average molecular weight is 411 g/mol. The van der Waals surface area contributed by atoms with E-state index in [1.54, 1.807) is 31.4 Å². The first-order valence-electron chi connectivity index (χ1n) is 10.0. The number of piperazine rings is 1. The lowest BCUT2D eigenvalue weighted by Crippen LogP contribution is -3.15. The average Bonchev–Trinajstić information content (AvgIpc) is 2.67. The third-order valence-corrected chi connectivity index (χ3v) is 7.68. The van der Waals surface area contributed by atoms with Crippen LogP contribution in [0.5, 0.6) is 5.75 Å². The normalized spacial score (nSPS) is 26.8. The molecule has 3 rings (SSSR count). The van der Waals surface area contributed by atoms with Gasteiger partial charge < -0.3 is 14.5 Å². The number of carbonyl (C=O) groups is 1. The third kappa shape index (κ3) is 4.85. The molecule has 8 heteroatoms. The van der Waals surface area contributed by atoms with Crippen LogP contribution in [0.4, 0.5) is 0 Å². The van der Waals surface area contributed by atoms with Gasteiger partial charge in [0.25, 0.3) is 5.91 Å². The molecule has 0 unspecified atom stereocenters. The molecule has 0 aliphatic carbocycles. The van der Waals surface area contributed by atoms with Crippen LogP contribution in [0.25, 0.3) is 0 Å². The van der Waals surface area contributed by atoms with Crippen molar-refractivity contribution in [1.29, 1.82) is 0 Å². The molecule has 2 heterocycles. The molecular weight excluding hydrogens is 378 g/mol. The molecular formula is C20H32N3O4S+. The first-order chi connectivity index (χ1) is 13.3. The van der Waals surface area contributed by atoms with E-state index in [2.05, 4.69) is 13.8 Å². The number of likely N-dealkylation sites (tertiary alicyclic amines) is 1. The van der Waals surface area contributed by atoms with E-state index in [-0.39, 0.29) is 10.8 Å². The molecule has 0 aromatic heterocycles. The molecule has 2 fully saturated rings. The zero-order valence-electron chi connectivity index (χ0n) is 17.1. The van der Waals surface area contributed by atoms with Gasteiger partial charge in [0.1, 0.15) is 5.75 Å². The van der Waals surface area contributed by atoms with E-state index in [9.17, 15) is 13.2 Å². The molecule has 2 saturated heterocycles. The molecule has 0 radical (unpaired) electrons. The predicted octanol–water partition coefficient (Wildman–Crippen LogP) is 0.0889. The Morgan fingerprint density at radius 3 is 2.18 bits per heavy atom. The van der Waals surface area contributed by atoms with Crippen LogP contribution in [-0.4, -0.2) is 76.5 Å². The van der Waals surface area contributed by atoms with Gasteiger partial charge in [0.2, 0.25) is 10.0 Å². The van der Waals surface area contributed by atoms with E-state index >= 15 is 0 Å². The number of nitrogens with one attached hydrogen (secondary N) is 1. The lowest BCUT2D eigenvalue weighted by Gasteiger charge is -2.36. The fraction of sp³-hybridized carbons (Fsp3) is 0.650. The first-order valence-corrected chi connectivity index (χ1v) is 11.5. The number of piperidine rings is 1. The van der Waals surface area contributed by atoms with Crippen molar-refractivity contribution in [3.8, 4) is 5.75 Å². The van der Waals surface area contributed by atoms with Gasteiger partial charge in [-0.15, -0.1) is 0 Å². The van der Waals surface area contributed by atoms with Crippen molar-refractivity contribution in [3.63, 3.8) is 0 Å². The molecule has 7 nitrogen and oxygen atoms in total. The Labute approximate surface area is 168 Å². The molecule has 2 atom stereocenters. The predicted molar refractivity (Wildman–Crippen MR) is 107 cm³/mol. The van der Waals surface area contributed by atoms with Crippen molar-refractivity contribution in [2.75, 3.05) is 52.9 Å². The van der Waals surface area contributed by atoms with Crippen molar-refractivity contribution in [2.24, 2.45) is 11.8 Å². The summed E-state index contributed by atoms with van der Waals surface area (Å²) in [4.78, 5) is 16.1. The number of hydrogen-bond donors (Lipinski definition) is 1. The van der Waals surface area contributed by atoms with Crippen molar-refractivity contribution in [2.45, 2.75) is 25.2 Å². The molecule has 0 saturated carbocycles. The number of quaternary nitrogens is 1. The highest BCUT2D eigenvalue weighted by Gasteiger charge is 2.32. The number of sulfonamides is 1. The quantitative estimate of drug-likeness (QED) is 0.747. The van der Waals surface area contributed by atoms with Gasteiger partial charge in [-0.2, -0.15) is 4.31 Å². The van der Waals surface area contributed by atoms with Gasteiger partial charge >= 0.3 is 0 Å². The van der Waals surface area contributed by atoms with Crippen LogP contribution in [0.1, 0.15) is 20.3 Å². The van der Waals surface area contributed by atoms with Crippen LogP contribution in [0.15, 0.2) is 29.2 Å². The van der Waals surface area contributed by atoms with Crippen molar-refractivity contribution < 1.29 is 22.8 Å². The van der Waals surface area contributed by atoms with Gasteiger partial charge in [-0.1, -0.05) is 13.8 Å². The molecule has 1 aromatic rings. The maximum Gasteiger partial charge on any atom is 0.277 e. The van der Waals surface area contributed by atoms with Crippen LogP contribution in [0.3, 0.4) is 0 Å². The molecule has 156 valence electrons. The number of amides is 1. The van der Waals surface area contributed by atoms with Gasteiger partial charge in [0, 0.05) is 38.0 Å². The van der Waals surface area contributed by atoms with Crippen LogP contribution in [-0.2, 0) is 14.8 Å². The molecule has 0 spiro atoms. The van der Waals surface area contributed by atoms with E-state index in [1.165, 1.54) is 15.6 Å². The Morgan fingerprint density at radius 1 is 1.07 bits per heavy atom. The first kappa shape index (κ1) is 21.1. The number of hydrogen-bond acceptors (Lipinski definition) is 4. The summed E-state index contributed by atoms with van der Waals surface area (Å²) in [5.41, 5.74) is 0. The molecule has 2 aliphatic rings. The minimum absolute atomic E-state index is 0.137. The highest BCUT2D eigenvalue weighted by atomic mass is 32.2. The van der Waals surface area contributed by atoms with E-state index in [1.807, 2.05) is 4.90 Å². The Kier molecular flexibility index (Phi) is 6.62.